The molecular weight excluding hydrogens is 256 g/mol. The smallest absolute Gasteiger partial charge is 0.316 e. The number of thioether (sulfide) groups is 1. The van der Waals surface area contributed by atoms with Gasteiger partial charge in [0.25, 0.3) is 5.56 Å². The van der Waals surface area contributed by atoms with E-state index in [-0.39, 0.29) is 11.5 Å². The van der Waals surface area contributed by atoms with Crippen molar-refractivity contribution < 1.29 is 4.79 Å². The second-order valence-electron chi connectivity index (χ2n) is 3.93. The maximum absolute atomic E-state index is 11.7. The van der Waals surface area contributed by atoms with Gasteiger partial charge in [-0.05, 0) is 6.92 Å². The number of aromatic amines is 1. The molecule has 8 heteroatoms. The number of ketones is 1. The van der Waals surface area contributed by atoms with E-state index < -0.39 is 11.2 Å². The number of aryl methyl sites for hydroxylation is 2. The van der Waals surface area contributed by atoms with Crippen molar-refractivity contribution in [3.63, 3.8) is 0 Å². The molecule has 0 bridgehead atoms. The molecule has 0 saturated carbocycles. The molecule has 0 unspecified atom stereocenters. The topological polar surface area (TPSA) is 89.8 Å². The van der Waals surface area contributed by atoms with Crippen molar-refractivity contribution in [1.82, 2.24) is 19.1 Å². The van der Waals surface area contributed by atoms with Gasteiger partial charge in [-0.3, -0.25) is 19.1 Å². The zero-order valence-electron chi connectivity index (χ0n) is 10.2. The number of nitrogens with one attached hydrogen (secondary N) is 1. The van der Waals surface area contributed by atoms with Crippen molar-refractivity contribution in [1.29, 1.82) is 0 Å². The number of fused-ring (bicyclic) bond motifs is 1. The Balaban J connectivity index is 2.66. The van der Waals surface area contributed by atoms with Gasteiger partial charge in [0.2, 0.25) is 0 Å². The van der Waals surface area contributed by atoms with Crippen LogP contribution in [-0.2, 0) is 18.9 Å². The van der Waals surface area contributed by atoms with E-state index in [1.54, 1.807) is 11.6 Å². The quantitative estimate of drug-likeness (QED) is 0.768. The van der Waals surface area contributed by atoms with Crippen LogP contribution >= 0.6 is 11.8 Å². The Morgan fingerprint density at radius 1 is 1.33 bits per heavy atom. The van der Waals surface area contributed by atoms with Crippen LogP contribution in [0, 0.1) is 0 Å². The van der Waals surface area contributed by atoms with Crippen LogP contribution in [0.2, 0.25) is 0 Å². The number of rotatable bonds is 3. The van der Waals surface area contributed by atoms with E-state index in [1.807, 2.05) is 0 Å². The van der Waals surface area contributed by atoms with E-state index in [4.69, 9.17) is 0 Å². The van der Waals surface area contributed by atoms with E-state index >= 15 is 0 Å². The molecule has 1 N–H and O–H groups in total. The number of Topliss-reactive ketones (excluding diaryl/α,β-unsaturated/α-hetero) is 1. The van der Waals surface area contributed by atoms with Crippen LogP contribution < -0.4 is 11.2 Å². The van der Waals surface area contributed by atoms with E-state index in [9.17, 15) is 14.4 Å². The third-order valence-electron chi connectivity index (χ3n) is 2.50. The maximum atomic E-state index is 11.7. The molecule has 0 aliphatic rings. The second-order valence-corrected chi connectivity index (χ2v) is 4.88. The summed E-state index contributed by atoms with van der Waals surface area (Å²) in [5.41, 5.74) is -0.341. The fourth-order valence-electron chi connectivity index (χ4n) is 1.58. The lowest BCUT2D eigenvalue weighted by Crippen LogP contribution is -2.29. The van der Waals surface area contributed by atoms with Gasteiger partial charge in [0.05, 0.1) is 5.75 Å². The summed E-state index contributed by atoms with van der Waals surface area (Å²) in [5, 5.41) is 0.534. The minimum absolute atomic E-state index is 0.0230. The molecule has 96 valence electrons. The normalized spacial score (nSPS) is 11.1. The zero-order chi connectivity index (χ0) is 13.4. The van der Waals surface area contributed by atoms with Crippen LogP contribution in [0.15, 0.2) is 14.7 Å². The molecule has 0 amide bonds. The third-order valence-corrected chi connectivity index (χ3v) is 3.67. The van der Waals surface area contributed by atoms with Crippen molar-refractivity contribution in [2.24, 2.45) is 14.1 Å². The van der Waals surface area contributed by atoms with Gasteiger partial charge < -0.3 is 4.57 Å². The Labute approximate surface area is 106 Å². The number of hydrogen-bond acceptors (Lipinski definition) is 5. The SMILES string of the molecule is CC(=O)CSc1nc2c(c(=O)[nH]c(=O)n2C)n1C. The van der Waals surface area contributed by atoms with E-state index in [0.717, 1.165) is 0 Å². The second kappa shape index (κ2) is 4.45. The molecule has 0 aromatic carbocycles. The number of nitrogens with zero attached hydrogens (tertiary/aromatic N) is 3. The molecule has 0 radical (unpaired) electrons. The van der Waals surface area contributed by atoms with Crippen LogP contribution in [0.3, 0.4) is 0 Å². The predicted octanol–water partition coefficient (Wildman–Crippen LogP) is -0.359. The minimum atomic E-state index is -0.506. The number of imidazole rings is 1. The van der Waals surface area contributed by atoms with Gasteiger partial charge in [0.1, 0.15) is 5.78 Å². The van der Waals surface area contributed by atoms with Crippen LogP contribution in [0.5, 0.6) is 0 Å². The lowest BCUT2D eigenvalue weighted by molar-refractivity contribution is -0.114. The van der Waals surface area contributed by atoms with Crippen molar-refractivity contribution in [3.8, 4) is 0 Å². The highest BCUT2D eigenvalue weighted by atomic mass is 32.2. The standard InChI is InChI=1S/C10H12N4O3S/c1-5(15)4-18-10-11-7-6(13(10)2)8(16)12-9(17)14(7)3/h4H2,1-3H3,(H,12,16,17). The summed E-state index contributed by atoms with van der Waals surface area (Å²) in [5.74, 6) is 0.304. The van der Waals surface area contributed by atoms with Gasteiger partial charge >= 0.3 is 5.69 Å². The first-order chi connectivity index (χ1) is 8.41. The molecule has 0 saturated heterocycles. The Morgan fingerprint density at radius 2 is 2.00 bits per heavy atom. The average molecular weight is 268 g/mol. The Bertz CT molecular complexity index is 740. The molecule has 0 aliphatic carbocycles. The number of hydrogen-bond donors (Lipinski definition) is 1. The predicted molar refractivity (Wildman–Crippen MR) is 68.0 cm³/mol. The highest BCUT2D eigenvalue weighted by Crippen LogP contribution is 2.19. The molecule has 0 spiro atoms. The van der Waals surface area contributed by atoms with Crippen LogP contribution in [0.4, 0.5) is 0 Å². The third kappa shape index (κ3) is 1.99. The van der Waals surface area contributed by atoms with Crippen molar-refractivity contribution in [2.75, 3.05) is 5.75 Å². The Hall–Kier alpha value is -1.83. The van der Waals surface area contributed by atoms with Crippen molar-refractivity contribution in [3.05, 3.63) is 20.8 Å². The number of carbonyl (C=O) groups excluding carboxylic acids is 1. The first-order valence-electron chi connectivity index (χ1n) is 5.19. The summed E-state index contributed by atoms with van der Waals surface area (Å²) in [7, 11) is 3.21. The van der Waals surface area contributed by atoms with Gasteiger partial charge in [0, 0.05) is 14.1 Å². The number of H-pyrrole nitrogens is 1. The molecule has 0 aliphatic heterocycles. The van der Waals surface area contributed by atoms with E-state index in [1.165, 1.54) is 30.3 Å². The fourth-order valence-corrected chi connectivity index (χ4v) is 2.35. The van der Waals surface area contributed by atoms with Gasteiger partial charge in [-0.25, -0.2) is 9.78 Å². The van der Waals surface area contributed by atoms with E-state index in [2.05, 4.69) is 9.97 Å². The van der Waals surface area contributed by atoms with E-state index in [0.29, 0.717) is 16.3 Å². The Morgan fingerprint density at radius 3 is 2.61 bits per heavy atom. The summed E-state index contributed by atoms with van der Waals surface area (Å²) in [6.07, 6.45) is 0. The van der Waals surface area contributed by atoms with Crippen molar-refractivity contribution >= 4 is 28.7 Å². The first-order valence-corrected chi connectivity index (χ1v) is 6.18. The van der Waals surface area contributed by atoms with Crippen molar-refractivity contribution in [2.45, 2.75) is 12.1 Å². The van der Waals surface area contributed by atoms with Crippen LogP contribution in [-0.4, -0.2) is 30.6 Å². The van der Waals surface area contributed by atoms with Gasteiger partial charge in [-0.15, -0.1) is 0 Å². The number of carbonyl (C=O) groups is 1. The number of aromatic nitrogens is 4. The highest BCUT2D eigenvalue weighted by Gasteiger charge is 2.15. The average Bonchev–Trinajstić information content (AvgIpc) is 2.61. The lowest BCUT2D eigenvalue weighted by atomic mass is 10.5. The molecule has 2 aromatic rings. The fraction of sp³-hybridized carbons (Fsp3) is 0.400. The molecule has 0 atom stereocenters. The lowest BCUT2D eigenvalue weighted by Gasteiger charge is -1.99. The molecule has 18 heavy (non-hydrogen) atoms. The van der Waals surface area contributed by atoms with Gasteiger partial charge in [0.15, 0.2) is 16.3 Å². The summed E-state index contributed by atoms with van der Waals surface area (Å²) in [6, 6.07) is 0. The van der Waals surface area contributed by atoms with Crippen LogP contribution in [0.25, 0.3) is 11.2 Å². The molecule has 0 fully saturated rings. The molecule has 2 aromatic heterocycles. The summed E-state index contributed by atoms with van der Waals surface area (Å²) >= 11 is 1.24. The maximum Gasteiger partial charge on any atom is 0.329 e. The minimum Gasteiger partial charge on any atom is -0.316 e. The molecule has 7 nitrogen and oxygen atoms in total. The summed E-state index contributed by atoms with van der Waals surface area (Å²) in [6.45, 7) is 1.48. The summed E-state index contributed by atoms with van der Waals surface area (Å²) in [4.78, 5) is 40.5. The Kier molecular flexibility index (Phi) is 3.12. The highest BCUT2D eigenvalue weighted by molar-refractivity contribution is 7.99. The monoisotopic (exact) mass is 268 g/mol. The molecule has 2 rings (SSSR count). The van der Waals surface area contributed by atoms with Gasteiger partial charge in [-0.1, -0.05) is 11.8 Å². The first kappa shape index (κ1) is 12.6. The molecular formula is C10H12N4O3S. The zero-order valence-corrected chi connectivity index (χ0v) is 11.0. The largest absolute Gasteiger partial charge is 0.329 e. The van der Waals surface area contributed by atoms with Gasteiger partial charge in [-0.2, -0.15) is 0 Å². The molecule has 2 heterocycles. The summed E-state index contributed by atoms with van der Waals surface area (Å²) < 4.78 is 2.86. The van der Waals surface area contributed by atoms with Crippen LogP contribution in [0.1, 0.15) is 6.92 Å².